The lowest BCUT2D eigenvalue weighted by Crippen LogP contribution is -2.58. The molecule has 5 atom stereocenters. The number of nitrogens with one attached hydrogen (secondary N) is 1. The summed E-state index contributed by atoms with van der Waals surface area (Å²) in [5.74, 6) is -0.750. The Morgan fingerprint density at radius 1 is 1.35 bits per heavy atom. The Morgan fingerprint density at radius 2 is 2.00 bits per heavy atom. The highest BCUT2D eigenvalue weighted by molar-refractivity contribution is 6.13. The molecule has 2 aliphatic rings. The number of hydrogen-bond donors (Lipinski definition) is 2. The van der Waals surface area contributed by atoms with Crippen molar-refractivity contribution in [3.63, 3.8) is 0 Å². The van der Waals surface area contributed by atoms with E-state index in [1.54, 1.807) is 13.8 Å². The monoisotopic (exact) mass is 267 g/mol. The second-order valence-electron chi connectivity index (χ2n) is 4.67. The average molecular weight is 268 g/mol. The van der Waals surface area contributed by atoms with Crippen LogP contribution in [0.4, 0.5) is 0 Å². The van der Waals surface area contributed by atoms with E-state index >= 15 is 0 Å². The van der Waals surface area contributed by atoms with Crippen LogP contribution in [0.3, 0.4) is 0 Å². The predicted octanol–water partition coefficient (Wildman–Crippen LogP) is -0.0179. The summed E-state index contributed by atoms with van der Waals surface area (Å²) in [6.07, 6.45) is -2.77. The van der Waals surface area contributed by atoms with E-state index < -0.39 is 36.5 Å². The molecule has 0 amide bonds. The lowest BCUT2D eigenvalue weighted by molar-refractivity contribution is -0.264. The van der Waals surface area contributed by atoms with Gasteiger partial charge >= 0.3 is 0 Å². The van der Waals surface area contributed by atoms with Gasteiger partial charge in [0.25, 0.3) is 0 Å². The van der Waals surface area contributed by atoms with Crippen LogP contribution in [0.25, 0.3) is 0 Å². The Balaban J connectivity index is 2.14. The Hall–Kier alpha value is 0.0500. The van der Waals surface area contributed by atoms with Crippen molar-refractivity contribution in [2.24, 2.45) is 0 Å². The van der Waals surface area contributed by atoms with E-state index in [9.17, 15) is 5.11 Å². The third-order valence-corrected chi connectivity index (χ3v) is 3.12. The topological polar surface area (TPSA) is 69.2 Å². The Morgan fingerprint density at radius 3 is 2.59 bits per heavy atom. The predicted molar refractivity (Wildman–Crippen MR) is 59.4 cm³/mol. The first-order valence-electron chi connectivity index (χ1n) is 5.54. The fourth-order valence-corrected chi connectivity index (χ4v) is 2.42. The van der Waals surface area contributed by atoms with E-state index in [2.05, 4.69) is 4.84 Å². The number of methoxy groups -OCH3 is 1. The van der Waals surface area contributed by atoms with Gasteiger partial charge in [0.05, 0.1) is 0 Å². The lowest BCUT2D eigenvalue weighted by Gasteiger charge is -2.39. The molecule has 2 saturated heterocycles. The van der Waals surface area contributed by atoms with Gasteiger partial charge in [-0.2, -0.15) is 0 Å². The van der Waals surface area contributed by atoms with Crippen molar-refractivity contribution in [1.29, 1.82) is 0 Å². The molecule has 0 radical (unpaired) electrons. The van der Waals surface area contributed by atoms with Gasteiger partial charge in [0.2, 0.25) is 0 Å². The summed E-state index contributed by atoms with van der Waals surface area (Å²) in [7, 11) is 1.53. The van der Waals surface area contributed by atoms with Gasteiger partial charge in [-0.15, -0.1) is 0 Å². The molecule has 17 heavy (non-hydrogen) atoms. The maximum Gasteiger partial charge on any atom is 0.186 e. The van der Waals surface area contributed by atoms with Crippen molar-refractivity contribution in [1.82, 2.24) is 4.84 Å². The van der Waals surface area contributed by atoms with Gasteiger partial charge in [0.15, 0.2) is 12.1 Å². The van der Waals surface area contributed by atoms with Crippen LogP contribution < -0.4 is 4.84 Å². The Kier molecular flexibility index (Phi) is 3.94. The molecule has 0 aromatic rings. The fourth-order valence-electron chi connectivity index (χ4n) is 2.27. The third-order valence-electron chi connectivity index (χ3n) is 2.97. The quantitative estimate of drug-likeness (QED) is 0.701. The summed E-state index contributed by atoms with van der Waals surface area (Å²) in [4.78, 5) is 2.45. The SMILES string of the molecule is CO[C@H]1OC(CNCl)[C@@H](O)C2OC(C)(C)OC21. The van der Waals surface area contributed by atoms with Crippen molar-refractivity contribution in [3.05, 3.63) is 0 Å². The van der Waals surface area contributed by atoms with Gasteiger partial charge < -0.3 is 24.1 Å². The van der Waals surface area contributed by atoms with Crippen molar-refractivity contribution in [2.75, 3.05) is 13.7 Å². The summed E-state index contributed by atoms with van der Waals surface area (Å²) in [6, 6.07) is 0. The molecule has 0 spiro atoms. The van der Waals surface area contributed by atoms with Gasteiger partial charge in [-0.3, -0.25) is 0 Å². The smallest absolute Gasteiger partial charge is 0.186 e. The van der Waals surface area contributed by atoms with Crippen molar-refractivity contribution in [2.45, 2.75) is 50.3 Å². The number of aliphatic hydroxyl groups excluding tert-OH is 1. The standard InChI is InChI=1S/C10H18ClNO5/c1-10(2)16-7-6(13)5(4-12-11)15-9(14-3)8(7)17-10/h5-9,12-13H,4H2,1-3H3/t5?,6-,7?,8?,9+/m1/s1. The molecule has 0 saturated carbocycles. The average Bonchev–Trinajstić information content (AvgIpc) is 2.59. The van der Waals surface area contributed by atoms with Crippen LogP contribution in [0.15, 0.2) is 0 Å². The van der Waals surface area contributed by atoms with E-state index in [4.69, 9.17) is 30.7 Å². The minimum absolute atomic E-state index is 0.301. The maximum absolute atomic E-state index is 10.1. The first-order chi connectivity index (χ1) is 7.98. The van der Waals surface area contributed by atoms with Gasteiger partial charge in [-0.05, 0) is 25.6 Å². The molecule has 100 valence electrons. The first-order valence-corrected chi connectivity index (χ1v) is 5.92. The van der Waals surface area contributed by atoms with Gasteiger partial charge in [-0.1, -0.05) is 0 Å². The second-order valence-corrected chi connectivity index (χ2v) is 4.94. The molecule has 2 fully saturated rings. The number of rotatable bonds is 3. The van der Waals surface area contributed by atoms with E-state index in [1.807, 2.05) is 0 Å². The molecule has 0 aromatic heterocycles. The molecular weight excluding hydrogens is 250 g/mol. The summed E-state index contributed by atoms with van der Waals surface area (Å²) in [5, 5.41) is 10.1. The van der Waals surface area contributed by atoms with Crippen LogP contribution >= 0.6 is 11.8 Å². The Labute approximate surface area is 105 Å². The normalized spacial score (nSPS) is 44.6. The fraction of sp³-hybridized carbons (Fsp3) is 1.00. The van der Waals surface area contributed by atoms with Gasteiger partial charge in [-0.25, -0.2) is 4.84 Å². The molecule has 0 bridgehead atoms. The molecule has 2 heterocycles. The second kappa shape index (κ2) is 4.97. The lowest BCUT2D eigenvalue weighted by atomic mass is 9.99. The summed E-state index contributed by atoms with van der Waals surface area (Å²) >= 11 is 5.44. The molecule has 2 rings (SSSR count). The molecule has 2 aliphatic heterocycles. The van der Waals surface area contributed by atoms with Gasteiger partial charge in [0, 0.05) is 13.7 Å². The zero-order chi connectivity index (χ0) is 12.6. The summed E-state index contributed by atoms with van der Waals surface area (Å²) in [6.45, 7) is 3.88. The van der Waals surface area contributed by atoms with E-state index in [-0.39, 0.29) is 0 Å². The number of ether oxygens (including phenoxy) is 4. The summed E-state index contributed by atoms with van der Waals surface area (Å²) < 4.78 is 22.1. The van der Waals surface area contributed by atoms with Crippen molar-refractivity contribution >= 4 is 11.8 Å². The van der Waals surface area contributed by atoms with Crippen LogP contribution in [-0.2, 0) is 18.9 Å². The molecule has 0 aliphatic carbocycles. The zero-order valence-corrected chi connectivity index (χ0v) is 10.8. The van der Waals surface area contributed by atoms with Crippen LogP contribution in [0.2, 0.25) is 0 Å². The van der Waals surface area contributed by atoms with Crippen LogP contribution in [0.5, 0.6) is 0 Å². The van der Waals surface area contributed by atoms with Crippen molar-refractivity contribution < 1.29 is 24.1 Å². The molecule has 2 N–H and O–H groups in total. The molecule has 6 nitrogen and oxygen atoms in total. The van der Waals surface area contributed by atoms with Gasteiger partial charge in [0.1, 0.15) is 24.4 Å². The van der Waals surface area contributed by atoms with Crippen LogP contribution in [-0.4, -0.2) is 55.3 Å². The van der Waals surface area contributed by atoms with Crippen LogP contribution in [0.1, 0.15) is 13.8 Å². The zero-order valence-electron chi connectivity index (χ0n) is 10.1. The minimum Gasteiger partial charge on any atom is -0.388 e. The van der Waals surface area contributed by atoms with E-state index in [0.717, 1.165) is 0 Å². The first kappa shape index (κ1) is 13.5. The Bertz CT molecular complexity index is 277. The number of fused-ring (bicyclic) bond motifs is 1. The summed E-state index contributed by atoms with van der Waals surface area (Å²) in [5.41, 5.74) is 0. The van der Waals surface area contributed by atoms with Crippen molar-refractivity contribution in [3.8, 4) is 0 Å². The third kappa shape index (κ3) is 2.58. The highest BCUT2D eigenvalue weighted by atomic mass is 35.5. The molecular formula is C10H18ClNO5. The van der Waals surface area contributed by atoms with E-state index in [0.29, 0.717) is 6.54 Å². The number of hydrogen-bond acceptors (Lipinski definition) is 6. The minimum atomic E-state index is -0.806. The number of halogens is 1. The molecule has 0 aromatic carbocycles. The number of aliphatic hydroxyl groups is 1. The highest BCUT2D eigenvalue weighted by Gasteiger charge is 2.54. The van der Waals surface area contributed by atoms with Crippen LogP contribution in [0, 0.1) is 0 Å². The molecule has 7 heteroatoms. The molecule has 3 unspecified atom stereocenters. The highest BCUT2D eigenvalue weighted by Crippen LogP contribution is 2.37. The van der Waals surface area contributed by atoms with E-state index in [1.165, 1.54) is 7.11 Å². The largest absolute Gasteiger partial charge is 0.388 e. The maximum atomic E-state index is 10.1.